The van der Waals surface area contributed by atoms with E-state index in [0.29, 0.717) is 32.8 Å². The first-order valence-electron chi connectivity index (χ1n) is 23.5. The molecule has 0 aromatic heterocycles. The van der Waals surface area contributed by atoms with E-state index in [2.05, 4.69) is 25.7 Å². The van der Waals surface area contributed by atoms with E-state index >= 15 is 0 Å². The molecule has 0 aliphatic heterocycles. The smallest absolute Gasteiger partial charge is 0.466 e. The zero-order valence-electron chi connectivity index (χ0n) is 36.2. The maximum atomic E-state index is 12.5. The van der Waals surface area contributed by atoms with E-state index in [1.54, 1.807) is 0 Å². The first kappa shape index (κ1) is 52.6. The summed E-state index contributed by atoms with van der Waals surface area (Å²) in [7, 11) is 0. The molecule has 0 aliphatic rings. The van der Waals surface area contributed by atoms with Gasteiger partial charge >= 0.3 is 12.1 Å². The Hall–Kier alpha value is -1.38. The van der Waals surface area contributed by atoms with E-state index in [9.17, 15) is 9.59 Å². The molecule has 0 unspecified atom stereocenters. The van der Waals surface area contributed by atoms with Gasteiger partial charge in [0.15, 0.2) is 0 Å². The number of carbonyl (C=O) groups is 2. The lowest BCUT2D eigenvalue weighted by atomic mass is 10.0. The maximum Gasteiger partial charge on any atom is 0.508 e. The van der Waals surface area contributed by atoms with E-state index < -0.39 is 6.16 Å². The van der Waals surface area contributed by atoms with Gasteiger partial charge in [-0.2, -0.15) is 0 Å². The highest BCUT2D eigenvalue weighted by Crippen LogP contribution is 2.18. The molecule has 0 heterocycles. The predicted octanol–water partition coefficient (Wildman–Crippen LogP) is 12.9. The molecule has 8 nitrogen and oxygen atoms in total. The number of unbranched alkanes of at least 4 members (excludes halogenated alkanes) is 24. The molecule has 0 radical (unpaired) electrons. The molecule has 0 rings (SSSR count). The van der Waals surface area contributed by atoms with Crippen LogP contribution < -0.4 is 0 Å². The Kier molecular flexibility index (Phi) is 43.2. The summed E-state index contributed by atoms with van der Waals surface area (Å²) in [5.74, 6) is -0.0432. The first-order chi connectivity index (χ1) is 26.6. The molecule has 0 fully saturated rings. The van der Waals surface area contributed by atoms with Crippen molar-refractivity contribution < 1.29 is 33.6 Å². The summed E-state index contributed by atoms with van der Waals surface area (Å²) < 4.78 is 22.3. The number of aliphatic hydroxyl groups is 1. The largest absolute Gasteiger partial charge is 0.508 e. The van der Waals surface area contributed by atoms with Crippen molar-refractivity contribution in [2.45, 2.75) is 232 Å². The summed E-state index contributed by atoms with van der Waals surface area (Å²) in [5.41, 5.74) is 0. The van der Waals surface area contributed by atoms with Crippen molar-refractivity contribution in [2.24, 2.45) is 0 Å². The topological polar surface area (TPSA) is 94.5 Å². The fourth-order valence-corrected chi connectivity index (χ4v) is 7.01. The highest BCUT2D eigenvalue weighted by Gasteiger charge is 2.15. The molecule has 0 atom stereocenters. The van der Waals surface area contributed by atoms with Crippen molar-refractivity contribution in [1.29, 1.82) is 0 Å². The van der Waals surface area contributed by atoms with Crippen LogP contribution in [0, 0.1) is 0 Å². The molecular formula is C46H91NO7. The van der Waals surface area contributed by atoms with Crippen molar-refractivity contribution in [3.63, 3.8) is 0 Å². The molecule has 0 saturated carbocycles. The fraction of sp³-hybridized carbons (Fsp3) is 0.957. The van der Waals surface area contributed by atoms with E-state index in [1.807, 2.05) is 0 Å². The minimum Gasteiger partial charge on any atom is -0.466 e. The second-order valence-electron chi connectivity index (χ2n) is 15.8. The van der Waals surface area contributed by atoms with Crippen LogP contribution in [0.5, 0.6) is 0 Å². The number of hydrogen-bond donors (Lipinski definition) is 1. The summed E-state index contributed by atoms with van der Waals surface area (Å²) in [6.45, 7) is 11.7. The zero-order chi connectivity index (χ0) is 39.4. The Morgan fingerprint density at radius 1 is 0.463 bits per heavy atom. The monoisotopic (exact) mass is 770 g/mol. The number of carbonyl (C=O) groups excluding carboxylic acids is 2. The molecule has 0 saturated heterocycles. The maximum absolute atomic E-state index is 12.5. The number of esters is 1. The summed E-state index contributed by atoms with van der Waals surface area (Å²) >= 11 is 0. The van der Waals surface area contributed by atoms with E-state index in [4.69, 9.17) is 24.1 Å². The van der Waals surface area contributed by atoms with Crippen molar-refractivity contribution in [2.75, 3.05) is 52.7 Å². The minimum absolute atomic E-state index is 0.0106. The SMILES string of the molecule is CCCCCCCCCCCC(=O)OCCCCCN(CCCCCCCOC(=O)OC(CCCCCCCC)CCCCCCCC)CCOCCO. The van der Waals surface area contributed by atoms with Gasteiger partial charge in [0, 0.05) is 13.0 Å². The van der Waals surface area contributed by atoms with Crippen LogP contribution >= 0.6 is 0 Å². The van der Waals surface area contributed by atoms with Crippen LogP contribution in [-0.2, 0) is 23.7 Å². The molecule has 322 valence electrons. The lowest BCUT2D eigenvalue weighted by Gasteiger charge is -2.22. The number of rotatable bonds is 44. The van der Waals surface area contributed by atoms with Gasteiger partial charge in [0.25, 0.3) is 0 Å². The van der Waals surface area contributed by atoms with Crippen LogP contribution in [0.1, 0.15) is 226 Å². The lowest BCUT2D eigenvalue weighted by Crippen LogP contribution is -2.30. The summed E-state index contributed by atoms with van der Waals surface area (Å²) in [6.07, 6.45) is 36.6. The third kappa shape index (κ3) is 40.3. The predicted molar refractivity (Wildman–Crippen MR) is 226 cm³/mol. The second-order valence-corrected chi connectivity index (χ2v) is 15.8. The first-order valence-corrected chi connectivity index (χ1v) is 23.5. The van der Waals surface area contributed by atoms with Gasteiger partial charge in [-0.1, -0.05) is 156 Å². The molecule has 0 spiro atoms. The van der Waals surface area contributed by atoms with Crippen LogP contribution in [0.3, 0.4) is 0 Å². The normalized spacial score (nSPS) is 11.5. The molecule has 54 heavy (non-hydrogen) atoms. The Labute approximate surface area is 334 Å². The zero-order valence-corrected chi connectivity index (χ0v) is 36.2. The van der Waals surface area contributed by atoms with E-state index in [1.165, 1.54) is 109 Å². The molecule has 1 N–H and O–H groups in total. The van der Waals surface area contributed by atoms with E-state index in [0.717, 1.165) is 110 Å². The van der Waals surface area contributed by atoms with Crippen LogP contribution in [-0.4, -0.2) is 80.9 Å². The Morgan fingerprint density at radius 3 is 1.41 bits per heavy atom. The lowest BCUT2D eigenvalue weighted by molar-refractivity contribution is -0.143. The number of nitrogens with zero attached hydrogens (tertiary/aromatic N) is 1. The second kappa shape index (κ2) is 44.3. The van der Waals surface area contributed by atoms with Gasteiger partial charge in [-0.3, -0.25) is 4.79 Å². The fourth-order valence-electron chi connectivity index (χ4n) is 7.01. The summed E-state index contributed by atoms with van der Waals surface area (Å²) in [5, 5.41) is 9.05. The van der Waals surface area contributed by atoms with E-state index in [-0.39, 0.29) is 18.7 Å². The highest BCUT2D eigenvalue weighted by atomic mass is 16.7. The van der Waals surface area contributed by atoms with Crippen LogP contribution in [0.15, 0.2) is 0 Å². The van der Waals surface area contributed by atoms with Gasteiger partial charge in [0.2, 0.25) is 0 Å². The standard InChI is InChI=1S/C46H91NO7/c1-4-7-10-13-16-17-18-22-28-35-45(49)52-40-32-25-30-37-47(38-42-51-43-39-48)36-29-23-19-24-31-41-53-46(50)54-44(33-26-20-14-11-8-5-2)34-27-21-15-12-9-6-3/h44,48H,4-43H2,1-3H3. The van der Waals surface area contributed by atoms with Crippen LogP contribution in [0.25, 0.3) is 0 Å². The molecule has 0 bridgehead atoms. The van der Waals surface area contributed by atoms with Crippen LogP contribution in [0.2, 0.25) is 0 Å². The average molecular weight is 770 g/mol. The van der Waals surface area contributed by atoms with Gasteiger partial charge in [0.05, 0.1) is 33.0 Å². The summed E-state index contributed by atoms with van der Waals surface area (Å²) in [4.78, 5) is 27.1. The molecular weight excluding hydrogens is 679 g/mol. The molecule has 0 amide bonds. The quantitative estimate of drug-likeness (QED) is 0.0483. The van der Waals surface area contributed by atoms with Crippen molar-refractivity contribution >= 4 is 12.1 Å². The Balaban J connectivity index is 4.13. The number of aliphatic hydroxyl groups excluding tert-OH is 1. The number of ether oxygens (including phenoxy) is 4. The van der Waals surface area contributed by atoms with Gasteiger partial charge < -0.3 is 29.0 Å². The number of hydrogen-bond acceptors (Lipinski definition) is 8. The van der Waals surface area contributed by atoms with Crippen molar-refractivity contribution in [3.8, 4) is 0 Å². The summed E-state index contributed by atoms with van der Waals surface area (Å²) in [6, 6.07) is 0. The molecule has 0 aliphatic carbocycles. The minimum atomic E-state index is -0.483. The van der Waals surface area contributed by atoms with Crippen molar-refractivity contribution in [3.05, 3.63) is 0 Å². The third-order valence-corrected chi connectivity index (χ3v) is 10.5. The highest BCUT2D eigenvalue weighted by molar-refractivity contribution is 5.69. The van der Waals surface area contributed by atoms with Gasteiger partial charge in [-0.25, -0.2) is 4.79 Å². The Bertz CT molecular complexity index is 751. The van der Waals surface area contributed by atoms with Crippen molar-refractivity contribution in [1.82, 2.24) is 4.90 Å². The van der Waals surface area contributed by atoms with Gasteiger partial charge in [-0.05, 0) is 77.3 Å². The molecule has 0 aromatic rings. The Morgan fingerprint density at radius 2 is 0.889 bits per heavy atom. The van der Waals surface area contributed by atoms with Crippen LogP contribution in [0.4, 0.5) is 4.79 Å². The molecule has 0 aromatic carbocycles. The van der Waals surface area contributed by atoms with Gasteiger partial charge in [-0.15, -0.1) is 0 Å². The van der Waals surface area contributed by atoms with Gasteiger partial charge in [0.1, 0.15) is 6.10 Å². The average Bonchev–Trinajstić information content (AvgIpc) is 3.17. The molecule has 8 heteroatoms. The third-order valence-electron chi connectivity index (χ3n) is 10.5.